The molecular weight excluding hydrogens is 252 g/mol. The number of carbonyl (C=O) groups excluding carboxylic acids is 1. The third-order valence-corrected chi connectivity index (χ3v) is 3.80. The first-order valence-electron chi connectivity index (χ1n) is 7.32. The zero-order valence-electron chi connectivity index (χ0n) is 12.4. The van der Waals surface area contributed by atoms with Crippen molar-refractivity contribution in [3.05, 3.63) is 28.8 Å². The normalized spacial score (nSPS) is 15.2. The van der Waals surface area contributed by atoms with Crippen molar-refractivity contribution in [1.82, 2.24) is 4.90 Å². The predicted molar refractivity (Wildman–Crippen MR) is 79.7 cm³/mol. The highest BCUT2D eigenvalue weighted by Crippen LogP contribution is 2.24. The van der Waals surface area contributed by atoms with Gasteiger partial charge in [-0.05, 0) is 49.8 Å². The van der Waals surface area contributed by atoms with Crippen LogP contribution in [-0.4, -0.2) is 30.5 Å². The molecule has 0 aromatic heterocycles. The molecule has 1 heterocycles. The van der Waals surface area contributed by atoms with Crippen molar-refractivity contribution in [1.29, 1.82) is 0 Å². The molecule has 1 aromatic rings. The second-order valence-corrected chi connectivity index (χ2v) is 5.49. The number of likely N-dealkylation sites (tertiary alicyclic amines) is 1. The van der Waals surface area contributed by atoms with E-state index in [9.17, 15) is 4.79 Å². The lowest BCUT2D eigenvalue weighted by molar-refractivity contribution is -0.134. The molecule has 0 unspecified atom stereocenters. The number of piperidine rings is 1. The van der Waals surface area contributed by atoms with Crippen molar-refractivity contribution in [2.75, 3.05) is 19.7 Å². The predicted octanol–water partition coefficient (Wildman–Crippen LogP) is 2.15. The van der Waals surface area contributed by atoms with Crippen molar-refractivity contribution in [3.63, 3.8) is 0 Å². The number of amides is 1. The second-order valence-electron chi connectivity index (χ2n) is 5.49. The SMILES string of the molecule is Cc1cc(CN)cc(C)c1OCC(=O)N1CCCCC1. The fraction of sp³-hybridized carbons (Fsp3) is 0.562. The van der Waals surface area contributed by atoms with Crippen molar-refractivity contribution in [2.45, 2.75) is 39.7 Å². The Morgan fingerprint density at radius 1 is 1.20 bits per heavy atom. The molecule has 4 nitrogen and oxygen atoms in total. The van der Waals surface area contributed by atoms with Gasteiger partial charge in [0, 0.05) is 19.6 Å². The molecule has 4 heteroatoms. The molecule has 2 rings (SSSR count). The van der Waals surface area contributed by atoms with Gasteiger partial charge in [0.2, 0.25) is 0 Å². The summed E-state index contributed by atoms with van der Waals surface area (Å²) in [4.78, 5) is 14.0. The Morgan fingerprint density at radius 3 is 2.35 bits per heavy atom. The van der Waals surface area contributed by atoms with Crippen LogP contribution in [0, 0.1) is 13.8 Å². The minimum atomic E-state index is 0.0893. The summed E-state index contributed by atoms with van der Waals surface area (Å²) in [6.45, 7) is 6.37. The highest BCUT2D eigenvalue weighted by Gasteiger charge is 2.17. The zero-order valence-corrected chi connectivity index (χ0v) is 12.4. The largest absolute Gasteiger partial charge is 0.483 e. The number of nitrogens with zero attached hydrogens (tertiary/aromatic N) is 1. The van der Waals surface area contributed by atoms with Crippen LogP contribution in [-0.2, 0) is 11.3 Å². The Labute approximate surface area is 120 Å². The number of hydrogen-bond donors (Lipinski definition) is 1. The van der Waals surface area contributed by atoms with Crippen LogP contribution in [0.2, 0.25) is 0 Å². The van der Waals surface area contributed by atoms with E-state index < -0.39 is 0 Å². The highest BCUT2D eigenvalue weighted by molar-refractivity contribution is 5.78. The third-order valence-electron chi connectivity index (χ3n) is 3.80. The van der Waals surface area contributed by atoms with E-state index in [0.717, 1.165) is 48.4 Å². The van der Waals surface area contributed by atoms with Gasteiger partial charge in [-0.1, -0.05) is 12.1 Å². The van der Waals surface area contributed by atoms with E-state index in [1.54, 1.807) is 0 Å². The lowest BCUT2D eigenvalue weighted by Crippen LogP contribution is -2.38. The van der Waals surface area contributed by atoms with Gasteiger partial charge in [0.1, 0.15) is 5.75 Å². The zero-order chi connectivity index (χ0) is 14.5. The Balaban J connectivity index is 1.98. The van der Waals surface area contributed by atoms with E-state index in [4.69, 9.17) is 10.5 Å². The van der Waals surface area contributed by atoms with Gasteiger partial charge >= 0.3 is 0 Å². The lowest BCUT2D eigenvalue weighted by Gasteiger charge is -2.26. The highest BCUT2D eigenvalue weighted by atomic mass is 16.5. The van der Waals surface area contributed by atoms with Gasteiger partial charge in [0.15, 0.2) is 6.61 Å². The monoisotopic (exact) mass is 276 g/mol. The summed E-state index contributed by atoms with van der Waals surface area (Å²) < 4.78 is 5.75. The fourth-order valence-electron chi connectivity index (χ4n) is 2.75. The summed E-state index contributed by atoms with van der Waals surface area (Å²) in [6, 6.07) is 4.04. The molecule has 1 aliphatic heterocycles. The Hall–Kier alpha value is -1.55. The van der Waals surface area contributed by atoms with Gasteiger partial charge in [0.05, 0.1) is 0 Å². The Kier molecular flexibility index (Phi) is 5.01. The molecule has 0 saturated carbocycles. The summed E-state index contributed by atoms with van der Waals surface area (Å²) in [7, 11) is 0. The minimum absolute atomic E-state index is 0.0893. The molecule has 110 valence electrons. The van der Waals surface area contributed by atoms with E-state index in [1.165, 1.54) is 6.42 Å². The fourth-order valence-corrected chi connectivity index (χ4v) is 2.75. The summed E-state index contributed by atoms with van der Waals surface area (Å²) in [5.41, 5.74) is 8.83. The second kappa shape index (κ2) is 6.75. The number of ether oxygens (including phenoxy) is 1. The number of carbonyl (C=O) groups is 1. The van der Waals surface area contributed by atoms with E-state index in [0.29, 0.717) is 6.54 Å². The number of aryl methyl sites for hydroxylation is 2. The van der Waals surface area contributed by atoms with Crippen LogP contribution in [0.4, 0.5) is 0 Å². The summed E-state index contributed by atoms with van der Waals surface area (Å²) in [5.74, 6) is 0.902. The van der Waals surface area contributed by atoms with Gasteiger partial charge in [-0.2, -0.15) is 0 Å². The molecule has 0 bridgehead atoms. The van der Waals surface area contributed by atoms with Gasteiger partial charge < -0.3 is 15.4 Å². The van der Waals surface area contributed by atoms with E-state index in [-0.39, 0.29) is 12.5 Å². The molecule has 0 atom stereocenters. The van der Waals surface area contributed by atoms with Crippen LogP contribution >= 0.6 is 0 Å². The molecule has 1 aromatic carbocycles. The van der Waals surface area contributed by atoms with Crippen molar-refractivity contribution < 1.29 is 9.53 Å². The number of hydrogen-bond acceptors (Lipinski definition) is 3. The number of benzene rings is 1. The molecule has 0 radical (unpaired) electrons. The van der Waals surface area contributed by atoms with Crippen LogP contribution in [0.3, 0.4) is 0 Å². The lowest BCUT2D eigenvalue weighted by atomic mass is 10.1. The maximum atomic E-state index is 12.1. The van der Waals surface area contributed by atoms with E-state index in [2.05, 4.69) is 0 Å². The molecule has 0 aliphatic carbocycles. The molecule has 1 amide bonds. The molecule has 0 spiro atoms. The molecule has 2 N–H and O–H groups in total. The molecule has 1 saturated heterocycles. The van der Waals surface area contributed by atoms with Crippen LogP contribution in [0.15, 0.2) is 12.1 Å². The van der Waals surface area contributed by atoms with E-state index >= 15 is 0 Å². The van der Waals surface area contributed by atoms with Gasteiger partial charge in [-0.15, -0.1) is 0 Å². The minimum Gasteiger partial charge on any atom is -0.483 e. The average Bonchev–Trinajstić information content (AvgIpc) is 2.46. The molecular formula is C16H24N2O2. The summed E-state index contributed by atoms with van der Waals surface area (Å²) >= 11 is 0. The quantitative estimate of drug-likeness (QED) is 0.916. The average molecular weight is 276 g/mol. The van der Waals surface area contributed by atoms with Crippen molar-refractivity contribution in [2.24, 2.45) is 5.73 Å². The first-order chi connectivity index (χ1) is 9.61. The van der Waals surface area contributed by atoms with Gasteiger partial charge in [-0.3, -0.25) is 4.79 Å². The van der Waals surface area contributed by atoms with E-state index in [1.807, 2.05) is 30.9 Å². The summed E-state index contributed by atoms with van der Waals surface area (Å²) in [6.07, 6.45) is 3.44. The molecule has 20 heavy (non-hydrogen) atoms. The smallest absolute Gasteiger partial charge is 0.260 e. The van der Waals surface area contributed by atoms with Gasteiger partial charge in [0.25, 0.3) is 5.91 Å². The number of nitrogens with two attached hydrogens (primary N) is 1. The Morgan fingerprint density at radius 2 is 1.80 bits per heavy atom. The van der Waals surface area contributed by atoms with Crippen molar-refractivity contribution >= 4 is 5.91 Å². The van der Waals surface area contributed by atoms with Gasteiger partial charge in [-0.25, -0.2) is 0 Å². The molecule has 1 fully saturated rings. The van der Waals surface area contributed by atoms with Crippen LogP contribution < -0.4 is 10.5 Å². The maximum Gasteiger partial charge on any atom is 0.260 e. The Bertz CT molecular complexity index is 456. The molecule has 1 aliphatic rings. The van der Waals surface area contributed by atoms with Crippen molar-refractivity contribution in [3.8, 4) is 5.75 Å². The maximum absolute atomic E-state index is 12.1. The van der Waals surface area contributed by atoms with Crippen LogP contribution in [0.5, 0.6) is 5.75 Å². The topological polar surface area (TPSA) is 55.6 Å². The van der Waals surface area contributed by atoms with Crippen LogP contribution in [0.1, 0.15) is 36.0 Å². The first kappa shape index (κ1) is 14.9. The van der Waals surface area contributed by atoms with Crippen LogP contribution in [0.25, 0.3) is 0 Å². The standard InChI is InChI=1S/C16H24N2O2/c1-12-8-14(10-17)9-13(2)16(12)20-11-15(19)18-6-4-3-5-7-18/h8-9H,3-7,10-11,17H2,1-2H3. The first-order valence-corrected chi connectivity index (χ1v) is 7.32. The summed E-state index contributed by atoms with van der Waals surface area (Å²) in [5, 5.41) is 0. The number of rotatable bonds is 4. The third kappa shape index (κ3) is 3.51.